The highest BCUT2D eigenvalue weighted by Gasteiger charge is 2.23. The smallest absolute Gasteiger partial charge is 0.339 e. The molecule has 1 N–H and O–H groups in total. The molecule has 0 aromatic heterocycles. The third kappa shape index (κ3) is 7.30. The van der Waals surface area contributed by atoms with Gasteiger partial charge in [-0.05, 0) is 29.8 Å². The van der Waals surface area contributed by atoms with Crippen molar-refractivity contribution in [3.63, 3.8) is 0 Å². The van der Waals surface area contributed by atoms with Gasteiger partial charge in [-0.2, -0.15) is 0 Å². The van der Waals surface area contributed by atoms with Crippen molar-refractivity contribution in [3.8, 4) is 11.5 Å². The van der Waals surface area contributed by atoms with Gasteiger partial charge in [0.1, 0.15) is 0 Å². The van der Waals surface area contributed by atoms with E-state index in [9.17, 15) is 14.4 Å². The Balaban J connectivity index is 1.92. The van der Waals surface area contributed by atoms with Crippen molar-refractivity contribution in [3.05, 3.63) is 53.6 Å². The molecule has 0 bridgehead atoms. The second kappa shape index (κ2) is 11.6. The molecule has 0 fully saturated rings. The number of ketones is 1. The van der Waals surface area contributed by atoms with Gasteiger partial charge in [-0.1, -0.05) is 39.0 Å². The molecule has 172 valence electrons. The molecule has 0 heterocycles. The van der Waals surface area contributed by atoms with Gasteiger partial charge in [-0.15, -0.1) is 11.8 Å². The lowest BCUT2D eigenvalue weighted by Crippen LogP contribution is -2.26. The first kappa shape index (κ1) is 25.3. The van der Waals surface area contributed by atoms with Crippen molar-refractivity contribution in [2.45, 2.75) is 32.2 Å². The first-order valence-electron chi connectivity index (χ1n) is 10.1. The molecule has 0 unspecified atom stereocenters. The van der Waals surface area contributed by atoms with Crippen molar-refractivity contribution in [1.82, 2.24) is 5.32 Å². The van der Waals surface area contributed by atoms with E-state index in [1.165, 1.54) is 11.8 Å². The third-order valence-electron chi connectivity index (χ3n) is 4.57. The van der Waals surface area contributed by atoms with Gasteiger partial charge < -0.3 is 19.5 Å². The van der Waals surface area contributed by atoms with Crippen LogP contribution < -0.4 is 14.8 Å². The predicted octanol–water partition coefficient (Wildman–Crippen LogP) is 3.88. The van der Waals surface area contributed by atoms with Crippen LogP contribution in [-0.4, -0.2) is 44.2 Å². The van der Waals surface area contributed by atoms with Gasteiger partial charge in [0.2, 0.25) is 5.91 Å². The Morgan fingerprint density at radius 1 is 0.969 bits per heavy atom. The van der Waals surface area contributed by atoms with Gasteiger partial charge in [-0.25, -0.2) is 4.79 Å². The molecule has 0 atom stereocenters. The maximum atomic E-state index is 12.5. The van der Waals surface area contributed by atoms with E-state index in [0.29, 0.717) is 28.5 Å². The fourth-order valence-electron chi connectivity index (χ4n) is 2.57. The van der Waals surface area contributed by atoms with Gasteiger partial charge in [0.25, 0.3) is 0 Å². The molecule has 2 aromatic carbocycles. The molecule has 2 aromatic rings. The van der Waals surface area contributed by atoms with Crippen LogP contribution in [0.5, 0.6) is 11.5 Å². The number of Topliss-reactive ketones (excluding diaryl/α,β-unsaturated/α-hetero) is 1. The first-order chi connectivity index (χ1) is 15.2. The number of esters is 1. The molecule has 0 aliphatic carbocycles. The maximum Gasteiger partial charge on any atom is 0.339 e. The van der Waals surface area contributed by atoms with Crippen molar-refractivity contribution >= 4 is 29.4 Å². The second-order valence-electron chi connectivity index (χ2n) is 8.00. The average molecular weight is 460 g/mol. The van der Waals surface area contributed by atoms with Crippen molar-refractivity contribution < 1.29 is 28.6 Å². The summed E-state index contributed by atoms with van der Waals surface area (Å²) in [6, 6.07) is 12.3. The summed E-state index contributed by atoms with van der Waals surface area (Å²) in [5.74, 6) is 0.396. The highest BCUT2D eigenvalue weighted by molar-refractivity contribution is 8.00. The standard InChI is InChI=1S/C24H29NO6S/c1-24(2,3)21(26)14-31-23(28)17-8-6-7-9-20(17)32-15-22(27)25-13-16-10-11-18(29-4)19(12-16)30-5/h6-12H,13-15H2,1-5H3,(H,25,27). The fourth-order valence-corrected chi connectivity index (χ4v) is 3.44. The topological polar surface area (TPSA) is 90.9 Å². The van der Waals surface area contributed by atoms with Crippen LogP contribution >= 0.6 is 11.8 Å². The Hall–Kier alpha value is -3.00. The van der Waals surface area contributed by atoms with Gasteiger partial charge >= 0.3 is 5.97 Å². The molecule has 0 aliphatic heterocycles. The van der Waals surface area contributed by atoms with Gasteiger partial charge in [0.05, 0.1) is 25.5 Å². The molecule has 2 rings (SSSR count). The molecule has 1 amide bonds. The highest BCUT2D eigenvalue weighted by Crippen LogP contribution is 2.27. The SMILES string of the molecule is COc1ccc(CNC(=O)CSc2ccccc2C(=O)OCC(=O)C(C)(C)C)cc1OC. The number of carbonyl (C=O) groups excluding carboxylic acids is 3. The molecule has 0 saturated heterocycles. The summed E-state index contributed by atoms with van der Waals surface area (Å²) in [7, 11) is 3.12. The molecule has 0 saturated carbocycles. The zero-order valence-electron chi connectivity index (χ0n) is 19.0. The molecule has 0 spiro atoms. The summed E-state index contributed by atoms with van der Waals surface area (Å²) >= 11 is 1.23. The molecular weight excluding hydrogens is 430 g/mol. The van der Waals surface area contributed by atoms with Crippen LogP contribution in [0.4, 0.5) is 0 Å². The summed E-state index contributed by atoms with van der Waals surface area (Å²) < 4.78 is 15.7. The number of thioether (sulfide) groups is 1. The maximum absolute atomic E-state index is 12.5. The Kier molecular flexibility index (Phi) is 9.13. The third-order valence-corrected chi connectivity index (χ3v) is 5.65. The molecule has 7 nitrogen and oxygen atoms in total. The Morgan fingerprint density at radius 2 is 1.66 bits per heavy atom. The zero-order chi connectivity index (χ0) is 23.7. The quantitative estimate of drug-likeness (QED) is 0.426. The lowest BCUT2D eigenvalue weighted by atomic mass is 9.91. The number of hydrogen-bond acceptors (Lipinski definition) is 7. The van der Waals surface area contributed by atoms with E-state index < -0.39 is 11.4 Å². The van der Waals surface area contributed by atoms with Crippen LogP contribution in [0.15, 0.2) is 47.4 Å². The van der Waals surface area contributed by atoms with E-state index in [0.717, 1.165) is 5.56 Å². The van der Waals surface area contributed by atoms with E-state index in [-0.39, 0.29) is 24.1 Å². The number of rotatable bonds is 10. The first-order valence-corrected chi connectivity index (χ1v) is 11.0. The minimum Gasteiger partial charge on any atom is -0.493 e. The number of hydrogen-bond donors (Lipinski definition) is 1. The summed E-state index contributed by atoms with van der Waals surface area (Å²) in [6.45, 7) is 5.36. The minimum atomic E-state index is -0.587. The molecule has 8 heteroatoms. The summed E-state index contributed by atoms with van der Waals surface area (Å²) in [5, 5.41) is 2.85. The van der Waals surface area contributed by atoms with Crippen molar-refractivity contribution in [1.29, 1.82) is 0 Å². The molecule has 32 heavy (non-hydrogen) atoms. The van der Waals surface area contributed by atoms with Crippen molar-refractivity contribution in [2.24, 2.45) is 5.41 Å². The average Bonchev–Trinajstić information content (AvgIpc) is 2.78. The van der Waals surface area contributed by atoms with Crippen LogP contribution in [0.1, 0.15) is 36.7 Å². The van der Waals surface area contributed by atoms with Gasteiger partial charge in [-0.3, -0.25) is 9.59 Å². The Bertz CT molecular complexity index is 967. The van der Waals surface area contributed by atoms with Gasteiger partial charge in [0, 0.05) is 16.9 Å². The number of amides is 1. The number of benzene rings is 2. The normalized spacial score (nSPS) is 10.9. The predicted molar refractivity (Wildman–Crippen MR) is 123 cm³/mol. The second-order valence-corrected chi connectivity index (χ2v) is 9.02. The largest absolute Gasteiger partial charge is 0.493 e. The fraction of sp³-hybridized carbons (Fsp3) is 0.375. The lowest BCUT2D eigenvalue weighted by molar-refractivity contribution is -0.129. The van der Waals surface area contributed by atoms with Crippen LogP contribution in [0.3, 0.4) is 0 Å². The number of ether oxygens (including phenoxy) is 3. The highest BCUT2D eigenvalue weighted by atomic mass is 32.2. The van der Waals surface area contributed by atoms with E-state index in [1.807, 2.05) is 6.07 Å². The lowest BCUT2D eigenvalue weighted by Gasteiger charge is -2.16. The Labute approximate surface area is 192 Å². The van der Waals surface area contributed by atoms with E-state index in [2.05, 4.69) is 5.32 Å². The van der Waals surface area contributed by atoms with E-state index in [4.69, 9.17) is 14.2 Å². The van der Waals surface area contributed by atoms with Crippen LogP contribution in [0, 0.1) is 5.41 Å². The molecule has 0 radical (unpaired) electrons. The summed E-state index contributed by atoms with van der Waals surface area (Å²) in [4.78, 5) is 37.4. The van der Waals surface area contributed by atoms with Gasteiger partial charge in [0.15, 0.2) is 23.9 Å². The monoisotopic (exact) mass is 459 g/mol. The number of methoxy groups -OCH3 is 2. The van der Waals surface area contributed by atoms with E-state index >= 15 is 0 Å². The van der Waals surface area contributed by atoms with Crippen LogP contribution in [0.2, 0.25) is 0 Å². The summed E-state index contributed by atoms with van der Waals surface area (Å²) in [5.41, 5.74) is 0.612. The van der Waals surface area contributed by atoms with E-state index in [1.54, 1.807) is 71.4 Å². The minimum absolute atomic E-state index is 0.124. The summed E-state index contributed by atoms with van der Waals surface area (Å²) in [6.07, 6.45) is 0. The van der Waals surface area contributed by atoms with Crippen molar-refractivity contribution in [2.75, 3.05) is 26.6 Å². The zero-order valence-corrected chi connectivity index (χ0v) is 19.8. The van der Waals surface area contributed by atoms with Crippen LogP contribution in [0.25, 0.3) is 0 Å². The number of carbonyl (C=O) groups is 3. The number of nitrogens with one attached hydrogen (secondary N) is 1. The molecular formula is C24H29NO6S. The van der Waals surface area contributed by atoms with Crippen LogP contribution in [-0.2, 0) is 20.9 Å². The Morgan fingerprint density at radius 3 is 2.31 bits per heavy atom. The molecule has 0 aliphatic rings.